The topological polar surface area (TPSA) is 68.4 Å². The fraction of sp³-hybridized carbons (Fsp3) is 0.118. The Morgan fingerprint density at radius 1 is 1.26 bits per heavy atom. The molecule has 120 valence electrons. The van der Waals surface area contributed by atoms with Crippen LogP contribution >= 0.6 is 12.4 Å². The molecular weight excluding hydrogens is 314 g/mol. The second kappa shape index (κ2) is 9.38. The number of halogens is 1. The number of hydrogen-bond acceptors (Lipinski definition) is 3. The van der Waals surface area contributed by atoms with Gasteiger partial charge in [0, 0.05) is 24.1 Å². The minimum absolute atomic E-state index is 0. The second-order valence-corrected chi connectivity index (χ2v) is 4.61. The highest BCUT2D eigenvalue weighted by molar-refractivity contribution is 5.91. The lowest BCUT2D eigenvalue weighted by Crippen LogP contribution is -2.43. The summed E-state index contributed by atoms with van der Waals surface area (Å²) in [5.74, 6) is -0.485. The molecule has 1 aromatic carbocycles. The van der Waals surface area contributed by atoms with E-state index >= 15 is 0 Å². The van der Waals surface area contributed by atoms with Crippen molar-refractivity contribution >= 4 is 29.9 Å². The molecule has 0 aliphatic carbocycles. The number of amides is 1. The van der Waals surface area contributed by atoms with Crippen LogP contribution in [0.25, 0.3) is 0 Å². The molecule has 0 aliphatic rings. The van der Waals surface area contributed by atoms with Crippen LogP contribution in [-0.2, 0) is 11.3 Å². The number of carbonyl (C=O) groups is 1. The predicted octanol–water partition coefficient (Wildman–Crippen LogP) is 1.14. The van der Waals surface area contributed by atoms with Crippen LogP contribution in [0.4, 0.5) is 5.69 Å². The Morgan fingerprint density at radius 2 is 2.00 bits per heavy atom. The molecule has 0 unspecified atom stereocenters. The van der Waals surface area contributed by atoms with Crippen LogP contribution < -0.4 is 15.0 Å². The molecule has 0 spiro atoms. The van der Waals surface area contributed by atoms with Crippen LogP contribution in [0.15, 0.2) is 72.5 Å². The SMILES string of the molecule is C=CCNC(=O)C[n+]1cccc(C([O-])=Nc2ccccc2)c1.Cl. The zero-order valence-corrected chi connectivity index (χ0v) is 13.3. The first-order chi connectivity index (χ1) is 10.7. The quantitative estimate of drug-likeness (QED) is 0.373. The van der Waals surface area contributed by atoms with Gasteiger partial charge >= 0.3 is 0 Å². The molecular formula is C17H18ClN3O2. The number of carbonyl (C=O) groups excluding carboxylic acids is 1. The van der Waals surface area contributed by atoms with Crippen molar-refractivity contribution in [3.05, 3.63) is 73.1 Å². The summed E-state index contributed by atoms with van der Waals surface area (Å²) in [5.41, 5.74) is 1.04. The van der Waals surface area contributed by atoms with Gasteiger partial charge in [0.2, 0.25) is 6.54 Å². The highest BCUT2D eigenvalue weighted by Gasteiger charge is 2.09. The molecule has 0 radical (unpaired) electrons. The van der Waals surface area contributed by atoms with E-state index in [0.717, 1.165) is 0 Å². The normalized spacial score (nSPS) is 10.5. The monoisotopic (exact) mass is 331 g/mol. The van der Waals surface area contributed by atoms with Crippen molar-refractivity contribution in [2.24, 2.45) is 4.99 Å². The number of para-hydroxylation sites is 1. The standard InChI is InChI=1S/C17H17N3O2.ClH/c1-2-10-18-16(21)13-20-11-6-7-14(12-20)17(22)19-15-8-4-3-5-9-15;/h2-9,11-12H,1,10,13H2,(H-,18,19,21,22);1H. The Labute approximate surface area is 141 Å². The molecule has 0 saturated heterocycles. The van der Waals surface area contributed by atoms with E-state index < -0.39 is 0 Å². The number of nitrogens with one attached hydrogen (secondary N) is 1. The van der Waals surface area contributed by atoms with Gasteiger partial charge < -0.3 is 10.4 Å². The summed E-state index contributed by atoms with van der Waals surface area (Å²) in [6.45, 7) is 4.10. The van der Waals surface area contributed by atoms with Crippen molar-refractivity contribution in [2.75, 3.05) is 6.54 Å². The van der Waals surface area contributed by atoms with Crippen molar-refractivity contribution in [2.45, 2.75) is 6.54 Å². The molecule has 1 aromatic heterocycles. The van der Waals surface area contributed by atoms with E-state index in [1.54, 1.807) is 47.3 Å². The van der Waals surface area contributed by atoms with Crippen LogP contribution in [0.3, 0.4) is 0 Å². The molecule has 6 heteroatoms. The molecule has 1 heterocycles. The number of hydrogen-bond donors (Lipinski definition) is 1. The second-order valence-electron chi connectivity index (χ2n) is 4.61. The van der Waals surface area contributed by atoms with Gasteiger partial charge in [0.05, 0.1) is 5.69 Å². The lowest BCUT2D eigenvalue weighted by atomic mass is 10.2. The average molecular weight is 332 g/mol. The Morgan fingerprint density at radius 3 is 2.70 bits per heavy atom. The van der Waals surface area contributed by atoms with Gasteiger partial charge in [0.1, 0.15) is 0 Å². The molecule has 1 N–H and O–H groups in total. The Kier molecular flexibility index (Phi) is 7.50. The number of benzene rings is 1. The zero-order valence-electron chi connectivity index (χ0n) is 12.5. The minimum atomic E-state index is -0.341. The highest BCUT2D eigenvalue weighted by Crippen LogP contribution is 2.10. The Balaban J connectivity index is 0.00000264. The van der Waals surface area contributed by atoms with Crippen LogP contribution in [0, 0.1) is 0 Å². The van der Waals surface area contributed by atoms with Crippen LogP contribution in [0.1, 0.15) is 5.56 Å². The van der Waals surface area contributed by atoms with Gasteiger partial charge in [-0.15, -0.1) is 19.0 Å². The fourth-order valence-electron chi connectivity index (χ4n) is 1.84. The van der Waals surface area contributed by atoms with Crippen LogP contribution in [0.2, 0.25) is 0 Å². The third-order valence-electron chi connectivity index (χ3n) is 2.86. The van der Waals surface area contributed by atoms with Crippen molar-refractivity contribution in [1.29, 1.82) is 0 Å². The maximum absolute atomic E-state index is 12.1. The number of rotatable bonds is 6. The van der Waals surface area contributed by atoms with E-state index in [1.165, 1.54) is 0 Å². The van der Waals surface area contributed by atoms with Gasteiger partial charge in [0.15, 0.2) is 12.4 Å². The summed E-state index contributed by atoms with van der Waals surface area (Å²) < 4.78 is 1.65. The van der Waals surface area contributed by atoms with E-state index in [-0.39, 0.29) is 30.8 Å². The minimum Gasteiger partial charge on any atom is -0.858 e. The van der Waals surface area contributed by atoms with Gasteiger partial charge in [-0.3, -0.25) is 9.79 Å². The lowest BCUT2D eigenvalue weighted by Gasteiger charge is -2.09. The molecule has 23 heavy (non-hydrogen) atoms. The summed E-state index contributed by atoms with van der Waals surface area (Å²) in [7, 11) is 0. The number of pyridine rings is 1. The van der Waals surface area contributed by atoms with Crippen molar-refractivity contribution in [3.8, 4) is 0 Å². The molecule has 0 bridgehead atoms. The summed E-state index contributed by atoms with van der Waals surface area (Å²) in [6.07, 6.45) is 4.95. The van der Waals surface area contributed by atoms with Gasteiger partial charge in [-0.2, -0.15) is 4.57 Å². The van der Waals surface area contributed by atoms with Gasteiger partial charge in [-0.25, -0.2) is 0 Å². The molecule has 0 fully saturated rings. The summed E-state index contributed by atoms with van der Waals surface area (Å²) in [4.78, 5) is 15.7. The molecule has 2 rings (SSSR count). The van der Waals surface area contributed by atoms with E-state index in [4.69, 9.17) is 0 Å². The lowest BCUT2D eigenvalue weighted by molar-refractivity contribution is -0.684. The Hall–Kier alpha value is -2.66. The smallest absolute Gasteiger partial charge is 0.286 e. The van der Waals surface area contributed by atoms with E-state index in [2.05, 4.69) is 16.9 Å². The van der Waals surface area contributed by atoms with E-state index in [9.17, 15) is 9.90 Å². The molecule has 0 aliphatic heterocycles. The van der Waals surface area contributed by atoms with Crippen LogP contribution in [0.5, 0.6) is 0 Å². The highest BCUT2D eigenvalue weighted by atomic mass is 35.5. The number of aromatic nitrogens is 1. The fourth-order valence-corrected chi connectivity index (χ4v) is 1.84. The van der Waals surface area contributed by atoms with Crippen molar-refractivity contribution in [1.82, 2.24) is 5.32 Å². The summed E-state index contributed by atoms with van der Waals surface area (Å²) in [5, 5.41) is 14.8. The third-order valence-corrected chi connectivity index (χ3v) is 2.86. The number of nitrogens with zero attached hydrogens (tertiary/aromatic N) is 2. The van der Waals surface area contributed by atoms with Gasteiger partial charge in [0.25, 0.3) is 5.91 Å². The predicted molar refractivity (Wildman–Crippen MR) is 89.7 cm³/mol. The Bertz CT molecular complexity index is 687. The van der Waals surface area contributed by atoms with Crippen LogP contribution in [-0.4, -0.2) is 18.3 Å². The maximum Gasteiger partial charge on any atom is 0.286 e. The largest absolute Gasteiger partial charge is 0.858 e. The third kappa shape index (κ3) is 5.92. The first-order valence-electron chi connectivity index (χ1n) is 6.87. The summed E-state index contributed by atoms with van der Waals surface area (Å²) in [6, 6.07) is 12.4. The molecule has 1 amide bonds. The first kappa shape index (κ1) is 18.4. The van der Waals surface area contributed by atoms with Crippen molar-refractivity contribution in [3.63, 3.8) is 0 Å². The van der Waals surface area contributed by atoms with Gasteiger partial charge in [-0.05, 0) is 18.2 Å². The van der Waals surface area contributed by atoms with Crippen molar-refractivity contribution < 1.29 is 14.5 Å². The molecule has 5 nitrogen and oxygen atoms in total. The molecule has 0 saturated carbocycles. The average Bonchev–Trinajstić information content (AvgIpc) is 2.54. The summed E-state index contributed by atoms with van der Waals surface area (Å²) >= 11 is 0. The first-order valence-corrected chi connectivity index (χ1v) is 6.87. The van der Waals surface area contributed by atoms with E-state index in [0.29, 0.717) is 17.8 Å². The van der Waals surface area contributed by atoms with E-state index in [1.807, 2.05) is 18.2 Å². The maximum atomic E-state index is 12.1. The zero-order chi connectivity index (χ0) is 15.8. The molecule has 0 atom stereocenters. The molecule has 2 aromatic rings. The van der Waals surface area contributed by atoms with Gasteiger partial charge in [-0.1, -0.05) is 24.3 Å². The number of aliphatic imine (C=N–C) groups is 1.